The molecule has 0 fully saturated rings. The van der Waals surface area contributed by atoms with Gasteiger partial charge in [-0.2, -0.15) is 0 Å². The Bertz CT molecular complexity index is 288. The Morgan fingerprint density at radius 3 is 2.75 bits per heavy atom. The lowest BCUT2D eigenvalue weighted by molar-refractivity contribution is -0.146. The molecule has 16 heavy (non-hydrogen) atoms. The number of hydrogen-bond donors (Lipinski definition) is 1. The van der Waals surface area contributed by atoms with Crippen molar-refractivity contribution >= 4 is 11.9 Å². The van der Waals surface area contributed by atoms with Crippen molar-refractivity contribution in [3.63, 3.8) is 0 Å². The molecule has 0 aromatic rings. The molecule has 1 amide bonds. The molecule has 0 radical (unpaired) electrons. The number of carbonyl (C=O) groups excluding carboxylic acids is 2. The summed E-state index contributed by atoms with van der Waals surface area (Å²) in [6.45, 7) is 1.62. The number of ether oxygens (including phenoxy) is 2. The van der Waals surface area contributed by atoms with Crippen molar-refractivity contribution in [2.75, 3.05) is 26.9 Å². The van der Waals surface area contributed by atoms with Gasteiger partial charge in [-0.15, -0.1) is 0 Å². The second-order valence-electron chi connectivity index (χ2n) is 2.81. The van der Waals surface area contributed by atoms with Crippen molar-refractivity contribution in [2.24, 2.45) is 5.11 Å². The van der Waals surface area contributed by atoms with E-state index in [2.05, 4.69) is 20.1 Å². The number of carbonyl (C=O) groups is 2. The van der Waals surface area contributed by atoms with E-state index in [-0.39, 0.29) is 25.7 Å². The monoisotopic (exact) mass is 230 g/mol. The Balaban J connectivity index is 3.96. The molecule has 0 saturated carbocycles. The van der Waals surface area contributed by atoms with Crippen LogP contribution < -0.4 is 5.32 Å². The first-order valence-electron chi connectivity index (χ1n) is 4.55. The fraction of sp³-hybridized carbons (Fsp3) is 0.750. The van der Waals surface area contributed by atoms with Crippen LogP contribution in [0.1, 0.15) is 6.92 Å². The lowest BCUT2D eigenvalue weighted by Crippen LogP contribution is -2.43. The number of nitrogens with zero attached hydrogens (tertiary/aromatic N) is 3. The van der Waals surface area contributed by atoms with Gasteiger partial charge in [0.15, 0.2) is 6.04 Å². The molecule has 0 unspecified atom stereocenters. The second-order valence-corrected chi connectivity index (χ2v) is 2.81. The summed E-state index contributed by atoms with van der Waals surface area (Å²) in [5.41, 5.74) is 7.99. The smallest absolute Gasteiger partial charge is 0.330 e. The zero-order valence-corrected chi connectivity index (χ0v) is 9.17. The van der Waals surface area contributed by atoms with Crippen molar-refractivity contribution < 1.29 is 19.1 Å². The second kappa shape index (κ2) is 8.51. The molecular weight excluding hydrogens is 216 g/mol. The normalized spacial score (nSPS) is 11.1. The summed E-state index contributed by atoms with van der Waals surface area (Å²) >= 11 is 0. The maximum absolute atomic E-state index is 11.2. The summed E-state index contributed by atoms with van der Waals surface area (Å²) in [5.74, 6) is -0.937. The molecule has 0 aliphatic carbocycles. The van der Waals surface area contributed by atoms with Gasteiger partial charge in [0, 0.05) is 18.4 Å². The summed E-state index contributed by atoms with van der Waals surface area (Å²) < 4.78 is 9.52. The molecule has 8 heteroatoms. The van der Waals surface area contributed by atoms with E-state index in [1.165, 1.54) is 14.0 Å². The molecule has 0 aliphatic rings. The lowest BCUT2D eigenvalue weighted by Gasteiger charge is -2.14. The predicted octanol–water partition coefficient (Wildman–Crippen LogP) is -0.00900. The Morgan fingerprint density at radius 2 is 2.25 bits per heavy atom. The molecule has 0 spiro atoms. The van der Waals surface area contributed by atoms with Gasteiger partial charge in [-0.1, -0.05) is 5.11 Å². The van der Waals surface area contributed by atoms with Crippen LogP contribution >= 0.6 is 0 Å². The van der Waals surface area contributed by atoms with E-state index in [0.29, 0.717) is 0 Å². The Morgan fingerprint density at radius 1 is 1.56 bits per heavy atom. The van der Waals surface area contributed by atoms with E-state index < -0.39 is 12.0 Å². The van der Waals surface area contributed by atoms with Crippen LogP contribution in [-0.4, -0.2) is 44.8 Å². The van der Waals surface area contributed by atoms with Gasteiger partial charge in [0.05, 0.1) is 20.3 Å². The quantitative estimate of drug-likeness (QED) is 0.218. The number of methoxy groups -OCH3 is 1. The third-order valence-electron chi connectivity index (χ3n) is 1.55. The van der Waals surface area contributed by atoms with Gasteiger partial charge < -0.3 is 14.8 Å². The first-order chi connectivity index (χ1) is 7.61. The van der Waals surface area contributed by atoms with Gasteiger partial charge in [-0.05, 0) is 5.53 Å². The fourth-order valence-electron chi connectivity index (χ4n) is 0.908. The number of rotatable bonds is 7. The van der Waals surface area contributed by atoms with Crippen molar-refractivity contribution in [3.8, 4) is 0 Å². The standard InChI is InChI=1S/C8H14N4O4/c1-6(13)11-7(8(14)15-2)5-16-4-3-10-12-9/h7H,3-5H2,1-2H3,(H,11,13)/t7-/m1/s1. The zero-order valence-electron chi connectivity index (χ0n) is 9.17. The molecule has 0 rings (SSSR count). The van der Waals surface area contributed by atoms with Crippen LogP contribution in [0, 0.1) is 0 Å². The van der Waals surface area contributed by atoms with Gasteiger partial charge in [-0.25, -0.2) is 4.79 Å². The molecule has 1 atom stereocenters. The van der Waals surface area contributed by atoms with Crippen LogP contribution in [0.5, 0.6) is 0 Å². The molecule has 8 nitrogen and oxygen atoms in total. The number of nitrogens with one attached hydrogen (secondary N) is 1. The van der Waals surface area contributed by atoms with Crippen LogP contribution in [0.3, 0.4) is 0 Å². The van der Waals surface area contributed by atoms with Crippen molar-refractivity contribution in [3.05, 3.63) is 10.4 Å². The highest BCUT2D eigenvalue weighted by Crippen LogP contribution is 1.91. The van der Waals surface area contributed by atoms with Crippen molar-refractivity contribution in [1.29, 1.82) is 0 Å². The Labute approximate surface area is 92.5 Å². The van der Waals surface area contributed by atoms with Crippen molar-refractivity contribution in [2.45, 2.75) is 13.0 Å². The van der Waals surface area contributed by atoms with E-state index in [1.54, 1.807) is 0 Å². The largest absolute Gasteiger partial charge is 0.467 e. The van der Waals surface area contributed by atoms with Gasteiger partial charge >= 0.3 is 5.97 Å². The highest BCUT2D eigenvalue weighted by atomic mass is 16.5. The summed E-state index contributed by atoms with van der Waals surface area (Å²) in [5, 5.41) is 5.63. The first-order valence-corrected chi connectivity index (χ1v) is 4.55. The summed E-state index contributed by atoms with van der Waals surface area (Å²) in [7, 11) is 1.22. The average molecular weight is 230 g/mol. The summed E-state index contributed by atoms with van der Waals surface area (Å²) in [6.07, 6.45) is 0. The minimum absolute atomic E-state index is 0.0206. The highest BCUT2D eigenvalue weighted by molar-refractivity contribution is 5.83. The molecule has 0 aromatic carbocycles. The maximum Gasteiger partial charge on any atom is 0.330 e. The summed E-state index contributed by atoms with van der Waals surface area (Å²) in [4.78, 5) is 24.5. The highest BCUT2D eigenvalue weighted by Gasteiger charge is 2.19. The van der Waals surface area contributed by atoms with Crippen LogP contribution in [0.2, 0.25) is 0 Å². The molecule has 0 saturated heterocycles. The average Bonchev–Trinajstić information content (AvgIpc) is 2.25. The predicted molar refractivity (Wildman–Crippen MR) is 54.5 cm³/mol. The number of hydrogen-bond acceptors (Lipinski definition) is 5. The van der Waals surface area contributed by atoms with E-state index in [9.17, 15) is 9.59 Å². The SMILES string of the molecule is COC(=O)[C@@H](COCCN=[N+]=[N-])NC(C)=O. The number of azide groups is 1. The molecular formula is C8H14N4O4. The van der Waals surface area contributed by atoms with E-state index in [0.717, 1.165) is 0 Å². The third-order valence-corrected chi connectivity index (χ3v) is 1.55. The lowest BCUT2D eigenvalue weighted by atomic mass is 10.3. The van der Waals surface area contributed by atoms with Gasteiger partial charge in [-0.3, -0.25) is 4.79 Å². The minimum atomic E-state index is -0.839. The molecule has 0 heterocycles. The molecule has 1 N–H and O–H groups in total. The third kappa shape index (κ3) is 6.63. The van der Waals surface area contributed by atoms with Crippen LogP contribution in [-0.2, 0) is 19.1 Å². The topological polar surface area (TPSA) is 113 Å². The van der Waals surface area contributed by atoms with Crippen molar-refractivity contribution in [1.82, 2.24) is 5.32 Å². The van der Waals surface area contributed by atoms with E-state index in [4.69, 9.17) is 10.3 Å². The molecule has 0 bridgehead atoms. The van der Waals surface area contributed by atoms with Gasteiger partial charge in [0.1, 0.15) is 0 Å². The van der Waals surface area contributed by atoms with E-state index >= 15 is 0 Å². The van der Waals surface area contributed by atoms with E-state index in [1.807, 2.05) is 0 Å². The fourth-order valence-corrected chi connectivity index (χ4v) is 0.908. The van der Waals surface area contributed by atoms with Gasteiger partial charge in [0.25, 0.3) is 0 Å². The Kier molecular flexibility index (Phi) is 7.56. The van der Waals surface area contributed by atoms with Crippen LogP contribution in [0.15, 0.2) is 5.11 Å². The van der Waals surface area contributed by atoms with Crippen LogP contribution in [0.4, 0.5) is 0 Å². The summed E-state index contributed by atoms with van der Waals surface area (Å²) in [6, 6.07) is -0.839. The molecule has 0 aliphatic heterocycles. The zero-order chi connectivity index (χ0) is 12.4. The van der Waals surface area contributed by atoms with Crippen LogP contribution in [0.25, 0.3) is 10.4 Å². The Hall–Kier alpha value is -1.79. The minimum Gasteiger partial charge on any atom is -0.467 e. The van der Waals surface area contributed by atoms with Gasteiger partial charge in [0.2, 0.25) is 5.91 Å². The maximum atomic E-state index is 11.2. The molecule has 0 aromatic heterocycles. The first kappa shape index (κ1) is 14.2. The number of amides is 1. The molecule has 90 valence electrons. The number of esters is 1.